The number of carbonyl (C=O) groups is 1. The zero-order valence-electron chi connectivity index (χ0n) is 11.5. The maximum atomic E-state index is 10.7. The van der Waals surface area contributed by atoms with E-state index in [-0.39, 0.29) is 0 Å². The van der Waals surface area contributed by atoms with Crippen LogP contribution in [0.15, 0.2) is 30.3 Å². The lowest BCUT2D eigenvalue weighted by atomic mass is 10.0. The van der Waals surface area contributed by atoms with Crippen molar-refractivity contribution in [1.29, 1.82) is 0 Å². The summed E-state index contributed by atoms with van der Waals surface area (Å²) in [4.78, 5) is 13.1. The number of para-hydroxylation sites is 1. The largest absolute Gasteiger partial charge is 0.478 e. The fourth-order valence-corrected chi connectivity index (χ4v) is 2.84. The Kier molecular flexibility index (Phi) is 4.25. The second-order valence-electron chi connectivity index (χ2n) is 5.38. The summed E-state index contributed by atoms with van der Waals surface area (Å²) >= 11 is 0. The monoisotopic (exact) mass is 259 g/mol. The fraction of sp³-hybridized carbons (Fsp3) is 0.438. The third-order valence-corrected chi connectivity index (χ3v) is 3.72. The van der Waals surface area contributed by atoms with Crippen LogP contribution < -0.4 is 4.90 Å². The van der Waals surface area contributed by atoms with Crippen molar-refractivity contribution in [3.8, 4) is 0 Å². The molecule has 1 N–H and O–H groups in total. The van der Waals surface area contributed by atoms with Gasteiger partial charge in [-0.3, -0.25) is 0 Å². The van der Waals surface area contributed by atoms with E-state index in [0.717, 1.165) is 17.8 Å². The molecule has 0 aromatic heterocycles. The highest BCUT2D eigenvalue weighted by molar-refractivity contribution is 5.87. The number of carboxylic acid groups (broad SMARTS) is 1. The molecule has 1 saturated heterocycles. The van der Waals surface area contributed by atoms with Crippen molar-refractivity contribution < 1.29 is 9.90 Å². The van der Waals surface area contributed by atoms with Crippen LogP contribution in [-0.4, -0.2) is 23.7 Å². The molecule has 0 spiro atoms. The van der Waals surface area contributed by atoms with E-state index in [0.29, 0.717) is 12.0 Å². The predicted molar refractivity (Wildman–Crippen MR) is 78.3 cm³/mol. The summed E-state index contributed by atoms with van der Waals surface area (Å²) in [6.07, 6.45) is 5.32. The first-order chi connectivity index (χ1) is 9.09. The maximum Gasteiger partial charge on any atom is 0.328 e. The molecule has 1 aliphatic heterocycles. The van der Waals surface area contributed by atoms with Gasteiger partial charge in [-0.2, -0.15) is 0 Å². The Morgan fingerprint density at radius 2 is 2.16 bits per heavy atom. The molecule has 19 heavy (non-hydrogen) atoms. The average Bonchev–Trinajstić information content (AvgIpc) is 2.85. The number of hydrogen-bond donors (Lipinski definition) is 1. The SMILES string of the molecule is CC(C)C1CCCN1c1ccccc1C=CC(=O)O. The molecule has 1 fully saturated rings. The summed E-state index contributed by atoms with van der Waals surface area (Å²) in [5.74, 6) is -0.296. The van der Waals surface area contributed by atoms with Crippen molar-refractivity contribution in [1.82, 2.24) is 0 Å². The van der Waals surface area contributed by atoms with Gasteiger partial charge in [0.1, 0.15) is 0 Å². The molecule has 1 unspecified atom stereocenters. The highest BCUT2D eigenvalue weighted by atomic mass is 16.4. The Hall–Kier alpha value is -1.77. The highest BCUT2D eigenvalue weighted by Crippen LogP contribution is 2.32. The highest BCUT2D eigenvalue weighted by Gasteiger charge is 2.27. The molecule has 0 radical (unpaired) electrons. The van der Waals surface area contributed by atoms with Crippen LogP contribution >= 0.6 is 0 Å². The van der Waals surface area contributed by atoms with E-state index in [1.54, 1.807) is 6.08 Å². The van der Waals surface area contributed by atoms with E-state index in [1.165, 1.54) is 18.9 Å². The molecule has 1 atom stereocenters. The van der Waals surface area contributed by atoms with Gasteiger partial charge in [0.05, 0.1) is 0 Å². The van der Waals surface area contributed by atoms with Gasteiger partial charge in [-0.05, 0) is 36.5 Å². The van der Waals surface area contributed by atoms with Crippen LogP contribution in [0, 0.1) is 5.92 Å². The van der Waals surface area contributed by atoms with Crippen molar-refractivity contribution in [2.24, 2.45) is 5.92 Å². The summed E-state index contributed by atoms with van der Waals surface area (Å²) in [6, 6.07) is 8.58. The third-order valence-electron chi connectivity index (χ3n) is 3.72. The number of benzene rings is 1. The third kappa shape index (κ3) is 3.16. The van der Waals surface area contributed by atoms with Crippen LogP contribution in [-0.2, 0) is 4.79 Å². The minimum absolute atomic E-state index is 0.555. The number of anilines is 1. The van der Waals surface area contributed by atoms with E-state index in [4.69, 9.17) is 5.11 Å². The first-order valence-electron chi connectivity index (χ1n) is 6.86. The maximum absolute atomic E-state index is 10.7. The Balaban J connectivity index is 2.31. The van der Waals surface area contributed by atoms with Crippen molar-refractivity contribution in [2.45, 2.75) is 32.7 Å². The topological polar surface area (TPSA) is 40.5 Å². The molecule has 3 nitrogen and oxygen atoms in total. The fourth-order valence-electron chi connectivity index (χ4n) is 2.84. The molecule has 0 amide bonds. The van der Waals surface area contributed by atoms with E-state index in [1.807, 2.05) is 18.2 Å². The molecule has 1 heterocycles. The van der Waals surface area contributed by atoms with E-state index in [2.05, 4.69) is 24.8 Å². The van der Waals surface area contributed by atoms with Crippen LogP contribution in [0.5, 0.6) is 0 Å². The Bertz CT molecular complexity index is 479. The Morgan fingerprint density at radius 1 is 1.42 bits per heavy atom. The normalized spacial score (nSPS) is 19.5. The van der Waals surface area contributed by atoms with Gasteiger partial charge in [0.25, 0.3) is 0 Å². The van der Waals surface area contributed by atoms with Crippen molar-refractivity contribution in [3.05, 3.63) is 35.9 Å². The zero-order valence-corrected chi connectivity index (χ0v) is 11.5. The van der Waals surface area contributed by atoms with Gasteiger partial charge in [-0.25, -0.2) is 4.79 Å². The molecular weight excluding hydrogens is 238 g/mol. The molecule has 1 aliphatic rings. The standard InChI is InChI=1S/C16H21NO2/c1-12(2)14-8-5-11-17(14)15-7-4-3-6-13(15)9-10-16(18)19/h3-4,6-7,9-10,12,14H,5,8,11H2,1-2H3,(H,18,19). The molecule has 0 saturated carbocycles. The predicted octanol–water partition coefficient (Wildman–Crippen LogP) is 3.41. The Morgan fingerprint density at radius 3 is 2.84 bits per heavy atom. The number of rotatable bonds is 4. The summed E-state index contributed by atoms with van der Waals surface area (Å²) in [6.45, 7) is 5.55. The molecule has 1 aromatic carbocycles. The summed E-state index contributed by atoms with van der Waals surface area (Å²) in [5, 5.41) is 8.77. The Labute approximate surface area is 114 Å². The van der Waals surface area contributed by atoms with Crippen molar-refractivity contribution >= 4 is 17.7 Å². The van der Waals surface area contributed by atoms with Gasteiger partial charge in [-0.1, -0.05) is 32.0 Å². The second-order valence-corrected chi connectivity index (χ2v) is 5.38. The smallest absolute Gasteiger partial charge is 0.328 e. The zero-order chi connectivity index (χ0) is 13.8. The number of aliphatic carboxylic acids is 1. The lowest BCUT2D eigenvalue weighted by Crippen LogP contribution is -2.33. The molecule has 2 rings (SSSR count). The van der Waals surface area contributed by atoms with Crippen LogP contribution in [0.25, 0.3) is 6.08 Å². The lowest BCUT2D eigenvalue weighted by molar-refractivity contribution is -0.131. The van der Waals surface area contributed by atoms with Gasteiger partial charge in [0, 0.05) is 24.4 Å². The molecular formula is C16H21NO2. The minimum atomic E-state index is -0.906. The minimum Gasteiger partial charge on any atom is -0.478 e. The summed E-state index contributed by atoms with van der Waals surface area (Å²) in [5.41, 5.74) is 2.13. The first kappa shape index (κ1) is 13.7. The molecule has 0 bridgehead atoms. The summed E-state index contributed by atoms with van der Waals surface area (Å²) in [7, 11) is 0. The van der Waals surface area contributed by atoms with Gasteiger partial charge in [0.2, 0.25) is 0 Å². The summed E-state index contributed by atoms with van der Waals surface area (Å²) < 4.78 is 0. The molecule has 1 aromatic rings. The van der Waals surface area contributed by atoms with Crippen molar-refractivity contribution in [3.63, 3.8) is 0 Å². The second kappa shape index (κ2) is 5.91. The molecule has 0 aliphatic carbocycles. The van der Waals surface area contributed by atoms with Crippen LogP contribution in [0.3, 0.4) is 0 Å². The number of hydrogen-bond acceptors (Lipinski definition) is 2. The first-order valence-corrected chi connectivity index (χ1v) is 6.86. The van der Waals surface area contributed by atoms with Gasteiger partial charge in [-0.15, -0.1) is 0 Å². The van der Waals surface area contributed by atoms with Gasteiger partial charge in [0.15, 0.2) is 0 Å². The number of nitrogens with zero attached hydrogens (tertiary/aromatic N) is 1. The van der Waals surface area contributed by atoms with E-state index >= 15 is 0 Å². The molecule has 102 valence electrons. The van der Waals surface area contributed by atoms with Crippen LogP contribution in [0.2, 0.25) is 0 Å². The lowest BCUT2D eigenvalue weighted by Gasteiger charge is -2.31. The van der Waals surface area contributed by atoms with Crippen LogP contribution in [0.1, 0.15) is 32.3 Å². The quantitative estimate of drug-likeness (QED) is 0.842. The van der Waals surface area contributed by atoms with Crippen LogP contribution in [0.4, 0.5) is 5.69 Å². The van der Waals surface area contributed by atoms with E-state index in [9.17, 15) is 4.79 Å². The van der Waals surface area contributed by atoms with Crippen molar-refractivity contribution in [2.75, 3.05) is 11.4 Å². The van der Waals surface area contributed by atoms with Gasteiger partial charge < -0.3 is 10.0 Å². The molecule has 3 heteroatoms. The number of carboxylic acids is 1. The van der Waals surface area contributed by atoms with Gasteiger partial charge >= 0.3 is 5.97 Å². The van der Waals surface area contributed by atoms with E-state index < -0.39 is 5.97 Å². The average molecular weight is 259 g/mol.